The number of hydrogen-bond acceptors (Lipinski definition) is 4. The predicted molar refractivity (Wildman–Crippen MR) is 149 cm³/mol. The Bertz CT molecular complexity index is 1390. The van der Waals surface area contributed by atoms with Crippen LogP contribution in [0, 0.1) is 6.92 Å². The second kappa shape index (κ2) is 10.8. The summed E-state index contributed by atoms with van der Waals surface area (Å²) in [5, 5.41) is 7.05. The van der Waals surface area contributed by atoms with E-state index >= 15 is 0 Å². The molecule has 2 unspecified atom stereocenters. The Morgan fingerprint density at radius 3 is 2.54 bits per heavy atom. The third-order valence-electron chi connectivity index (χ3n) is 6.58. The first-order chi connectivity index (χ1) is 18.1. The molecule has 1 aliphatic heterocycles. The molecule has 4 aromatic rings. The lowest BCUT2D eigenvalue weighted by molar-refractivity contribution is -0.116. The van der Waals surface area contributed by atoms with Crippen molar-refractivity contribution >= 4 is 28.9 Å². The molecule has 0 bridgehead atoms. The highest BCUT2D eigenvalue weighted by molar-refractivity contribution is 7.80. The first-order valence-corrected chi connectivity index (χ1v) is 12.6. The molecule has 1 fully saturated rings. The van der Waals surface area contributed by atoms with Gasteiger partial charge in [0.25, 0.3) is 0 Å². The average Bonchev–Trinajstić information content (AvgIpc) is 3.47. The summed E-state index contributed by atoms with van der Waals surface area (Å²) in [4.78, 5) is 19.7. The minimum absolute atomic E-state index is 0.109. The van der Waals surface area contributed by atoms with Crippen molar-refractivity contribution < 1.29 is 9.53 Å². The number of thiocarbonyl (C=S) groups is 1. The molecule has 1 amide bonds. The van der Waals surface area contributed by atoms with Gasteiger partial charge < -0.3 is 24.8 Å². The highest BCUT2D eigenvalue weighted by Gasteiger charge is 2.41. The van der Waals surface area contributed by atoms with Crippen molar-refractivity contribution in [3.8, 4) is 11.4 Å². The van der Waals surface area contributed by atoms with Crippen LogP contribution in [0.25, 0.3) is 5.69 Å². The van der Waals surface area contributed by atoms with Gasteiger partial charge in [-0.15, -0.1) is 0 Å². The van der Waals surface area contributed by atoms with Gasteiger partial charge in [0.2, 0.25) is 5.91 Å². The topological polar surface area (TPSA) is 71.4 Å². The smallest absolute Gasteiger partial charge is 0.226 e. The zero-order chi connectivity index (χ0) is 25.8. The van der Waals surface area contributed by atoms with Gasteiger partial charge in [-0.05, 0) is 67.7 Å². The number of pyridine rings is 1. The van der Waals surface area contributed by atoms with Crippen molar-refractivity contribution in [3.05, 3.63) is 108 Å². The molecule has 1 aliphatic rings. The van der Waals surface area contributed by atoms with E-state index in [4.69, 9.17) is 17.0 Å². The molecule has 2 atom stereocenters. The number of hydrogen-bond donors (Lipinski definition) is 2. The molecule has 37 heavy (non-hydrogen) atoms. The zero-order valence-corrected chi connectivity index (χ0v) is 21.6. The Hall–Kier alpha value is -4.17. The van der Waals surface area contributed by atoms with Gasteiger partial charge in [-0.25, -0.2) is 0 Å². The number of methoxy groups -OCH3 is 1. The van der Waals surface area contributed by atoms with Gasteiger partial charge in [0, 0.05) is 36.2 Å². The van der Waals surface area contributed by atoms with Crippen molar-refractivity contribution in [2.45, 2.75) is 25.4 Å². The molecule has 1 saturated heterocycles. The zero-order valence-electron chi connectivity index (χ0n) is 20.8. The standard InChI is InChI=1S/C29H29N5O2S/c1-20-15-16-24(34(20)21-10-4-3-5-11-21)28-27(23-13-8-9-18-30-23)32-29(37)33(28)19-17-26(35)31-22-12-6-7-14-25(22)36-2/h3-16,18,27-28H,17,19H2,1-2H3,(H,31,35)(H,32,37). The quantitative estimate of drug-likeness (QED) is 0.317. The van der Waals surface area contributed by atoms with Gasteiger partial charge in [-0.2, -0.15) is 0 Å². The van der Waals surface area contributed by atoms with Gasteiger partial charge >= 0.3 is 0 Å². The Morgan fingerprint density at radius 1 is 1.03 bits per heavy atom. The maximum Gasteiger partial charge on any atom is 0.226 e. The van der Waals surface area contributed by atoms with Gasteiger partial charge in [0.15, 0.2) is 5.11 Å². The van der Waals surface area contributed by atoms with E-state index in [2.05, 4.69) is 56.3 Å². The number of nitrogens with zero attached hydrogens (tertiary/aromatic N) is 3. The Kier molecular flexibility index (Phi) is 7.18. The van der Waals surface area contributed by atoms with Crippen molar-refractivity contribution in [2.24, 2.45) is 0 Å². The summed E-state index contributed by atoms with van der Waals surface area (Å²) >= 11 is 5.81. The summed E-state index contributed by atoms with van der Waals surface area (Å²) in [6.45, 7) is 2.54. The number of anilines is 1. The number of rotatable bonds is 8. The van der Waals surface area contributed by atoms with Gasteiger partial charge in [0.1, 0.15) is 5.75 Å². The van der Waals surface area contributed by atoms with Gasteiger partial charge in [-0.3, -0.25) is 9.78 Å². The number of para-hydroxylation sites is 3. The van der Waals surface area contributed by atoms with Crippen LogP contribution in [0.15, 0.2) is 91.1 Å². The van der Waals surface area contributed by atoms with Crippen LogP contribution < -0.4 is 15.4 Å². The monoisotopic (exact) mass is 511 g/mol. The summed E-state index contributed by atoms with van der Waals surface area (Å²) in [5.41, 5.74) is 4.82. The second-order valence-electron chi connectivity index (χ2n) is 8.89. The number of ether oxygens (including phenoxy) is 1. The molecule has 2 N–H and O–H groups in total. The number of amides is 1. The van der Waals surface area contributed by atoms with E-state index in [1.807, 2.05) is 60.7 Å². The molecule has 2 aromatic heterocycles. The van der Waals surface area contributed by atoms with Crippen LogP contribution in [0.4, 0.5) is 5.69 Å². The fourth-order valence-electron chi connectivity index (χ4n) is 4.87. The minimum Gasteiger partial charge on any atom is -0.495 e. The lowest BCUT2D eigenvalue weighted by atomic mass is 10.0. The summed E-state index contributed by atoms with van der Waals surface area (Å²) < 4.78 is 7.62. The van der Waals surface area contributed by atoms with Crippen LogP contribution in [-0.4, -0.2) is 39.1 Å². The highest BCUT2D eigenvalue weighted by Crippen LogP contribution is 2.40. The number of nitrogens with one attached hydrogen (secondary N) is 2. The summed E-state index contributed by atoms with van der Waals surface area (Å²) in [6, 6.07) is 27.5. The van der Waals surface area contributed by atoms with E-state index in [1.165, 1.54) is 0 Å². The van der Waals surface area contributed by atoms with Crippen LogP contribution in [0.2, 0.25) is 0 Å². The van der Waals surface area contributed by atoms with Crippen molar-refractivity contribution in [1.82, 2.24) is 19.8 Å². The number of benzene rings is 2. The average molecular weight is 512 g/mol. The molecule has 188 valence electrons. The van der Waals surface area contributed by atoms with Crippen LogP contribution in [0.5, 0.6) is 5.75 Å². The number of aryl methyl sites for hydroxylation is 1. The van der Waals surface area contributed by atoms with E-state index in [9.17, 15) is 4.79 Å². The lowest BCUT2D eigenvalue weighted by Gasteiger charge is -2.29. The number of aromatic nitrogens is 2. The molecule has 3 heterocycles. The van der Waals surface area contributed by atoms with Crippen molar-refractivity contribution in [1.29, 1.82) is 0 Å². The van der Waals surface area contributed by atoms with Crippen molar-refractivity contribution in [2.75, 3.05) is 19.0 Å². The maximum atomic E-state index is 13.0. The molecule has 0 radical (unpaired) electrons. The highest BCUT2D eigenvalue weighted by atomic mass is 32.1. The summed E-state index contributed by atoms with van der Waals surface area (Å²) in [7, 11) is 1.59. The first-order valence-electron chi connectivity index (χ1n) is 12.2. The van der Waals surface area contributed by atoms with Gasteiger partial charge in [0.05, 0.1) is 30.6 Å². The molecule has 2 aromatic carbocycles. The maximum absolute atomic E-state index is 13.0. The summed E-state index contributed by atoms with van der Waals surface area (Å²) in [5.74, 6) is 0.514. The largest absolute Gasteiger partial charge is 0.495 e. The molecule has 7 nitrogen and oxygen atoms in total. The molecule has 0 saturated carbocycles. The number of carbonyl (C=O) groups excluding carboxylic acids is 1. The molecule has 0 spiro atoms. The Morgan fingerprint density at radius 2 is 1.78 bits per heavy atom. The fourth-order valence-corrected chi connectivity index (χ4v) is 5.20. The van der Waals surface area contributed by atoms with E-state index < -0.39 is 0 Å². The van der Waals surface area contributed by atoms with E-state index in [-0.39, 0.29) is 24.4 Å². The molecular formula is C29H29N5O2S. The SMILES string of the molecule is COc1ccccc1NC(=O)CCN1C(=S)NC(c2ccccn2)C1c1ccc(C)n1-c1ccccc1. The van der Waals surface area contributed by atoms with E-state index in [0.29, 0.717) is 23.1 Å². The summed E-state index contributed by atoms with van der Waals surface area (Å²) in [6.07, 6.45) is 2.05. The first kappa shape index (κ1) is 24.5. The second-order valence-corrected chi connectivity index (χ2v) is 9.28. The van der Waals surface area contributed by atoms with Gasteiger partial charge in [-0.1, -0.05) is 36.4 Å². The molecule has 0 aliphatic carbocycles. The Balaban J connectivity index is 1.46. The minimum atomic E-state index is -0.164. The third kappa shape index (κ3) is 5.06. The van der Waals surface area contributed by atoms with E-state index in [1.54, 1.807) is 13.3 Å². The lowest BCUT2D eigenvalue weighted by Crippen LogP contribution is -2.33. The van der Waals surface area contributed by atoms with Crippen LogP contribution in [-0.2, 0) is 4.79 Å². The Labute approximate surface area is 222 Å². The molecule has 8 heteroatoms. The van der Waals surface area contributed by atoms with Crippen LogP contribution in [0.3, 0.4) is 0 Å². The van der Waals surface area contributed by atoms with Crippen molar-refractivity contribution in [3.63, 3.8) is 0 Å². The normalized spacial score (nSPS) is 16.9. The van der Waals surface area contributed by atoms with Crippen LogP contribution >= 0.6 is 12.2 Å². The number of carbonyl (C=O) groups is 1. The predicted octanol–water partition coefficient (Wildman–Crippen LogP) is 5.19. The molecular weight excluding hydrogens is 482 g/mol. The molecule has 5 rings (SSSR count). The van der Waals surface area contributed by atoms with Crippen LogP contribution in [0.1, 0.15) is 35.6 Å². The third-order valence-corrected chi connectivity index (χ3v) is 6.93. The van der Waals surface area contributed by atoms with E-state index in [0.717, 1.165) is 22.8 Å². The fraction of sp³-hybridized carbons (Fsp3) is 0.207.